The SMILES string of the molecule is CCCCOc1cccc(C2C(=C(O)c3ccc(OCCC)cc3)C(=O)C(=O)N2CCCN(C)C)c1. The maximum atomic E-state index is 13.2. The summed E-state index contributed by atoms with van der Waals surface area (Å²) in [5.41, 5.74) is 1.29. The Labute approximate surface area is 214 Å². The van der Waals surface area contributed by atoms with Gasteiger partial charge < -0.3 is 24.4 Å². The highest BCUT2D eigenvalue weighted by atomic mass is 16.5. The lowest BCUT2D eigenvalue weighted by Gasteiger charge is -2.26. The normalized spacial score (nSPS) is 17.1. The van der Waals surface area contributed by atoms with Gasteiger partial charge in [0.1, 0.15) is 17.3 Å². The minimum absolute atomic E-state index is 0.0952. The summed E-state index contributed by atoms with van der Waals surface area (Å²) in [6.07, 6.45) is 3.55. The number of aliphatic hydroxyl groups is 1. The summed E-state index contributed by atoms with van der Waals surface area (Å²) in [6.45, 7) is 6.49. The first kappa shape index (κ1) is 27.3. The largest absolute Gasteiger partial charge is 0.507 e. The summed E-state index contributed by atoms with van der Waals surface area (Å²) in [7, 11) is 3.94. The highest BCUT2D eigenvalue weighted by Crippen LogP contribution is 2.40. The second kappa shape index (κ2) is 13.1. The second-order valence-corrected chi connectivity index (χ2v) is 9.30. The average molecular weight is 495 g/mol. The van der Waals surface area contributed by atoms with Gasteiger partial charge >= 0.3 is 0 Å². The Morgan fingerprint density at radius 2 is 1.67 bits per heavy atom. The van der Waals surface area contributed by atoms with E-state index in [-0.39, 0.29) is 11.3 Å². The molecule has 3 rings (SSSR count). The van der Waals surface area contributed by atoms with Gasteiger partial charge in [-0.05, 0) is 81.9 Å². The van der Waals surface area contributed by atoms with Gasteiger partial charge in [0, 0.05) is 12.1 Å². The number of ketones is 1. The third kappa shape index (κ3) is 6.66. The Balaban J connectivity index is 2.01. The van der Waals surface area contributed by atoms with E-state index in [1.54, 1.807) is 29.2 Å². The number of hydrogen-bond acceptors (Lipinski definition) is 6. The molecule has 1 aliphatic heterocycles. The van der Waals surface area contributed by atoms with Gasteiger partial charge in [-0.3, -0.25) is 9.59 Å². The minimum atomic E-state index is -0.696. The van der Waals surface area contributed by atoms with Crippen LogP contribution in [0.2, 0.25) is 0 Å². The summed E-state index contributed by atoms with van der Waals surface area (Å²) in [4.78, 5) is 30.0. The number of ether oxygens (including phenoxy) is 2. The lowest BCUT2D eigenvalue weighted by atomic mass is 9.95. The van der Waals surface area contributed by atoms with Crippen LogP contribution in [0.3, 0.4) is 0 Å². The molecule has 0 saturated carbocycles. The molecule has 7 nitrogen and oxygen atoms in total. The number of carbonyl (C=O) groups excluding carboxylic acids is 2. The van der Waals surface area contributed by atoms with Crippen molar-refractivity contribution in [3.63, 3.8) is 0 Å². The summed E-state index contributed by atoms with van der Waals surface area (Å²) in [6, 6.07) is 13.7. The first-order valence-corrected chi connectivity index (χ1v) is 12.8. The van der Waals surface area contributed by atoms with E-state index in [0.717, 1.165) is 31.4 Å². The number of unbranched alkanes of at least 4 members (excludes halogenated alkanes) is 1. The Hall–Kier alpha value is -3.32. The van der Waals surface area contributed by atoms with Crippen LogP contribution in [-0.2, 0) is 9.59 Å². The number of aliphatic hydroxyl groups excluding tert-OH is 1. The van der Waals surface area contributed by atoms with Crippen molar-refractivity contribution in [2.24, 2.45) is 0 Å². The molecule has 1 saturated heterocycles. The van der Waals surface area contributed by atoms with Gasteiger partial charge in [0.15, 0.2) is 0 Å². The molecule has 2 aromatic carbocycles. The molecule has 0 radical (unpaired) electrons. The summed E-state index contributed by atoms with van der Waals surface area (Å²) in [5.74, 6) is -0.0949. The molecule has 0 spiro atoms. The van der Waals surface area contributed by atoms with Gasteiger partial charge in [-0.2, -0.15) is 0 Å². The van der Waals surface area contributed by atoms with E-state index in [9.17, 15) is 14.7 Å². The number of likely N-dealkylation sites (tertiary alicyclic amines) is 1. The molecule has 1 N–H and O–H groups in total. The predicted octanol–water partition coefficient (Wildman–Crippen LogP) is 5.03. The fraction of sp³-hybridized carbons (Fsp3) is 0.448. The van der Waals surface area contributed by atoms with E-state index < -0.39 is 17.7 Å². The van der Waals surface area contributed by atoms with Crippen LogP contribution in [-0.4, -0.2) is 67.0 Å². The van der Waals surface area contributed by atoms with Gasteiger partial charge in [-0.1, -0.05) is 32.4 Å². The molecule has 1 aliphatic rings. The standard InChI is InChI=1S/C29H38N2O5/c1-5-7-19-36-24-11-8-10-22(20-24)26-25(28(33)29(34)31(26)17-9-16-30(3)4)27(32)21-12-14-23(15-13-21)35-18-6-2/h8,10-15,20,26,32H,5-7,9,16-19H2,1-4H3. The number of carbonyl (C=O) groups is 2. The average Bonchev–Trinajstić information content (AvgIpc) is 3.12. The van der Waals surface area contributed by atoms with Gasteiger partial charge in [0.05, 0.1) is 24.8 Å². The van der Waals surface area contributed by atoms with E-state index in [2.05, 4.69) is 6.92 Å². The highest BCUT2D eigenvalue weighted by molar-refractivity contribution is 6.46. The van der Waals surface area contributed by atoms with Crippen molar-refractivity contribution in [3.8, 4) is 11.5 Å². The Bertz CT molecular complexity index is 1060. The molecular weight excluding hydrogens is 456 g/mol. The van der Waals surface area contributed by atoms with Crippen LogP contribution >= 0.6 is 0 Å². The van der Waals surface area contributed by atoms with Crippen LogP contribution in [0.1, 0.15) is 56.7 Å². The summed E-state index contributed by atoms with van der Waals surface area (Å²) < 4.78 is 11.5. The maximum Gasteiger partial charge on any atom is 0.295 e. The van der Waals surface area contributed by atoms with E-state index in [1.807, 2.05) is 50.2 Å². The zero-order valence-corrected chi connectivity index (χ0v) is 21.8. The van der Waals surface area contributed by atoms with Crippen LogP contribution < -0.4 is 9.47 Å². The molecule has 1 amide bonds. The van der Waals surface area contributed by atoms with Crippen molar-refractivity contribution in [1.29, 1.82) is 0 Å². The zero-order chi connectivity index (χ0) is 26.1. The molecule has 1 atom stereocenters. The molecule has 194 valence electrons. The van der Waals surface area contributed by atoms with Crippen LogP contribution in [0.4, 0.5) is 0 Å². The summed E-state index contributed by atoms with van der Waals surface area (Å²) >= 11 is 0. The van der Waals surface area contributed by atoms with E-state index in [0.29, 0.717) is 43.2 Å². The third-order valence-electron chi connectivity index (χ3n) is 6.09. The first-order chi connectivity index (χ1) is 17.4. The monoisotopic (exact) mass is 494 g/mol. The van der Waals surface area contributed by atoms with Crippen molar-refractivity contribution in [2.45, 2.75) is 45.6 Å². The highest BCUT2D eigenvalue weighted by Gasteiger charge is 2.45. The maximum absolute atomic E-state index is 13.2. The third-order valence-corrected chi connectivity index (χ3v) is 6.09. The lowest BCUT2D eigenvalue weighted by Crippen LogP contribution is -2.32. The number of benzene rings is 2. The van der Waals surface area contributed by atoms with Crippen LogP contribution in [0.25, 0.3) is 5.76 Å². The van der Waals surface area contributed by atoms with Crippen LogP contribution in [0, 0.1) is 0 Å². The fourth-order valence-corrected chi connectivity index (χ4v) is 4.21. The molecule has 7 heteroatoms. The molecule has 1 heterocycles. The molecule has 0 aliphatic carbocycles. The molecular formula is C29H38N2O5. The second-order valence-electron chi connectivity index (χ2n) is 9.30. The fourth-order valence-electron chi connectivity index (χ4n) is 4.21. The number of hydrogen-bond donors (Lipinski definition) is 1. The van der Waals surface area contributed by atoms with Crippen molar-refractivity contribution in [2.75, 3.05) is 40.4 Å². The minimum Gasteiger partial charge on any atom is -0.507 e. The van der Waals surface area contributed by atoms with Gasteiger partial charge in [-0.25, -0.2) is 0 Å². The molecule has 0 bridgehead atoms. The lowest BCUT2D eigenvalue weighted by molar-refractivity contribution is -0.139. The quantitative estimate of drug-likeness (QED) is 0.182. The molecule has 36 heavy (non-hydrogen) atoms. The number of nitrogens with zero attached hydrogens (tertiary/aromatic N) is 2. The van der Waals surface area contributed by atoms with Gasteiger partial charge in [0.25, 0.3) is 11.7 Å². The van der Waals surface area contributed by atoms with Crippen LogP contribution in [0.15, 0.2) is 54.1 Å². The predicted molar refractivity (Wildman–Crippen MR) is 141 cm³/mol. The smallest absolute Gasteiger partial charge is 0.295 e. The van der Waals surface area contributed by atoms with Gasteiger partial charge in [0.2, 0.25) is 0 Å². The Kier molecular flexibility index (Phi) is 9.94. The number of amides is 1. The Morgan fingerprint density at radius 3 is 2.33 bits per heavy atom. The number of Topliss-reactive ketones (excluding diaryl/α,β-unsaturated/α-hetero) is 1. The van der Waals surface area contributed by atoms with Crippen LogP contribution in [0.5, 0.6) is 11.5 Å². The molecule has 0 aromatic heterocycles. The molecule has 2 aromatic rings. The van der Waals surface area contributed by atoms with E-state index in [4.69, 9.17) is 9.47 Å². The van der Waals surface area contributed by atoms with Crippen molar-refractivity contribution in [3.05, 3.63) is 65.2 Å². The van der Waals surface area contributed by atoms with Gasteiger partial charge in [-0.15, -0.1) is 0 Å². The van der Waals surface area contributed by atoms with Crippen molar-refractivity contribution < 1.29 is 24.2 Å². The first-order valence-electron chi connectivity index (χ1n) is 12.8. The van der Waals surface area contributed by atoms with Crippen molar-refractivity contribution in [1.82, 2.24) is 9.80 Å². The molecule has 1 unspecified atom stereocenters. The number of rotatable bonds is 13. The topological polar surface area (TPSA) is 79.3 Å². The zero-order valence-electron chi connectivity index (χ0n) is 21.8. The van der Waals surface area contributed by atoms with E-state index in [1.165, 1.54) is 0 Å². The summed E-state index contributed by atoms with van der Waals surface area (Å²) in [5, 5.41) is 11.3. The van der Waals surface area contributed by atoms with Crippen molar-refractivity contribution >= 4 is 17.4 Å². The Morgan fingerprint density at radius 1 is 0.944 bits per heavy atom. The van der Waals surface area contributed by atoms with E-state index >= 15 is 0 Å². The molecule has 1 fully saturated rings.